The van der Waals surface area contributed by atoms with Crippen LogP contribution in [-0.4, -0.2) is 16.5 Å². The lowest BCUT2D eigenvalue weighted by Gasteiger charge is -2.03. The molecule has 13 heavy (non-hydrogen) atoms. The highest BCUT2D eigenvalue weighted by molar-refractivity contribution is 5.35. The molecule has 4 heteroatoms. The van der Waals surface area contributed by atoms with Crippen molar-refractivity contribution in [3.05, 3.63) is 12.4 Å². The third kappa shape index (κ3) is 2.57. The highest BCUT2D eigenvalue weighted by atomic mass is 15.0. The summed E-state index contributed by atoms with van der Waals surface area (Å²) in [7, 11) is 0. The second-order valence-corrected chi connectivity index (χ2v) is 3.49. The van der Waals surface area contributed by atoms with Crippen LogP contribution >= 0.6 is 0 Å². The summed E-state index contributed by atoms with van der Waals surface area (Å²) in [6, 6.07) is 0. The van der Waals surface area contributed by atoms with Crippen molar-refractivity contribution in [3.8, 4) is 0 Å². The Kier molecular flexibility index (Phi) is 2.29. The fraction of sp³-hybridized carbons (Fsp3) is 0.556. The van der Waals surface area contributed by atoms with Crippen LogP contribution in [-0.2, 0) is 0 Å². The molecule has 0 aliphatic heterocycles. The molecule has 1 fully saturated rings. The molecule has 0 unspecified atom stereocenters. The van der Waals surface area contributed by atoms with Crippen molar-refractivity contribution in [1.29, 1.82) is 0 Å². The van der Waals surface area contributed by atoms with E-state index in [1.54, 1.807) is 12.4 Å². The van der Waals surface area contributed by atoms with E-state index in [0.717, 1.165) is 18.3 Å². The van der Waals surface area contributed by atoms with Crippen molar-refractivity contribution < 1.29 is 0 Å². The Bertz CT molecular complexity index is 265. The summed E-state index contributed by atoms with van der Waals surface area (Å²) >= 11 is 0. The van der Waals surface area contributed by atoms with E-state index < -0.39 is 0 Å². The Hall–Kier alpha value is -1.32. The summed E-state index contributed by atoms with van der Waals surface area (Å²) in [6.45, 7) is 0.989. The molecule has 1 aromatic rings. The Labute approximate surface area is 77.6 Å². The van der Waals surface area contributed by atoms with E-state index in [4.69, 9.17) is 5.73 Å². The molecule has 70 valence electrons. The van der Waals surface area contributed by atoms with Crippen molar-refractivity contribution in [2.24, 2.45) is 5.92 Å². The number of hydrogen-bond donors (Lipinski definition) is 2. The fourth-order valence-corrected chi connectivity index (χ4v) is 1.24. The van der Waals surface area contributed by atoms with Crippen molar-refractivity contribution in [2.75, 3.05) is 17.6 Å². The first kappa shape index (κ1) is 8.29. The predicted octanol–water partition coefficient (Wildman–Crippen LogP) is 1.27. The molecule has 1 aliphatic carbocycles. The normalized spacial score (nSPS) is 15.7. The molecule has 1 aliphatic rings. The van der Waals surface area contributed by atoms with Gasteiger partial charge in [0.2, 0.25) is 0 Å². The second-order valence-electron chi connectivity index (χ2n) is 3.49. The quantitative estimate of drug-likeness (QED) is 0.728. The molecular weight excluding hydrogens is 164 g/mol. The van der Waals surface area contributed by atoms with Crippen LogP contribution in [0.25, 0.3) is 0 Å². The number of rotatable bonds is 4. The number of hydrogen-bond acceptors (Lipinski definition) is 4. The molecule has 0 radical (unpaired) electrons. The average molecular weight is 178 g/mol. The summed E-state index contributed by atoms with van der Waals surface area (Å²) in [6.07, 6.45) is 7.28. The Balaban J connectivity index is 1.76. The number of nitrogen functional groups attached to an aromatic ring is 1. The molecule has 0 spiro atoms. The van der Waals surface area contributed by atoms with Gasteiger partial charge in [0.15, 0.2) is 0 Å². The first-order valence-corrected chi connectivity index (χ1v) is 4.66. The zero-order chi connectivity index (χ0) is 9.10. The first-order valence-electron chi connectivity index (χ1n) is 4.66. The van der Waals surface area contributed by atoms with Crippen molar-refractivity contribution in [2.45, 2.75) is 19.3 Å². The highest BCUT2D eigenvalue weighted by Gasteiger charge is 2.20. The zero-order valence-electron chi connectivity index (χ0n) is 7.53. The minimum absolute atomic E-state index is 0.466. The maximum Gasteiger partial charge on any atom is 0.144 e. The minimum Gasteiger partial charge on any atom is -0.382 e. The summed E-state index contributed by atoms with van der Waals surface area (Å²) < 4.78 is 0. The van der Waals surface area contributed by atoms with E-state index in [9.17, 15) is 0 Å². The molecule has 0 aromatic carbocycles. The van der Waals surface area contributed by atoms with Gasteiger partial charge in [0, 0.05) is 6.54 Å². The van der Waals surface area contributed by atoms with Crippen molar-refractivity contribution in [1.82, 2.24) is 9.97 Å². The van der Waals surface area contributed by atoms with Crippen molar-refractivity contribution in [3.63, 3.8) is 0 Å². The van der Waals surface area contributed by atoms with Gasteiger partial charge in [-0.3, -0.25) is 0 Å². The standard InChI is InChI=1S/C9H14N4/c10-8-5-13-9(6-12-8)11-4-3-7-1-2-7/h5-7H,1-4H2,(H2,10,12)(H,11,13). The number of anilines is 2. The van der Waals surface area contributed by atoms with Gasteiger partial charge in [-0.1, -0.05) is 12.8 Å². The Morgan fingerprint density at radius 3 is 2.85 bits per heavy atom. The van der Waals surface area contributed by atoms with Gasteiger partial charge in [-0.05, 0) is 12.3 Å². The summed E-state index contributed by atoms with van der Waals surface area (Å²) in [5.74, 6) is 2.23. The van der Waals surface area contributed by atoms with Crippen LogP contribution in [0.2, 0.25) is 0 Å². The monoisotopic (exact) mass is 178 g/mol. The summed E-state index contributed by atoms with van der Waals surface area (Å²) in [5, 5.41) is 3.21. The minimum atomic E-state index is 0.466. The zero-order valence-corrected chi connectivity index (χ0v) is 7.53. The van der Waals surface area contributed by atoms with Gasteiger partial charge in [0.25, 0.3) is 0 Å². The largest absolute Gasteiger partial charge is 0.382 e. The molecule has 0 bridgehead atoms. The third-order valence-corrected chi connectivity index (χ3v) is 2.23. The smallest absolute Gasteiger partial charge is 0.144 e. The van der Waals surface area contributed by atoms with Gasteiger partial charge >= 0.3 is 0 Å². The SMILES string of the molecule is Nc1cnc(NCCC2CC2)cn1. The van der Waals surface area contributed by atoms with Gasteiger partial charge in [-0.2, -0.15) is 0 Å². The Morgan fingerprint density at radius 1 is 1.38 bits per heavy atom. The molecule has 3 N–H and O–H groups in total. The predicted molar refractivity (Wildman–Crippen MR) is 52.3 cm³/mol. The van der Waals surface area contributed by atoms with E-state index in [1.165, 1.54) is 19.3 Å². The summed E-state index contributed by atoms with van der Waals surface area (Å²) in [4.78, 5) is 8.04. The molecular formula is C9H14N4. The Morgan fingerprint density at radius 2 is 2.23 bits per heavy atom. The van der Waals surface area contributed by atoms with E-state index >= 15 is 0 Å². The lowest BCUT2D eigenvalue weighted by molar-refractivity contribution is 0.758. The number of nitrogens with one attached hydrogen (secondary N) is 1. The topological polar surface area (TPSA) is 63.8 Å². The van der Waals surface area contributed by atoms with Crippen LogP contribution in [0.1, 0.15) is 19.3 Å². The second kappa shape index (κ2) is 3.60. The van der Waals surface area contributed by atoms with Crippen LogP contribution in [0.15, 0.2) is 12.4 Å². The molecule has 0 saturated heterocycles. The van der Waals surface area contributed by atoms with Crippen LogP contribution in [0, 0.1) is 5.92 Å². The molecule has 2 rings (SSSR count). The van der Waals surface area contributed by atoms with E-state index in [2.05, 4.69) is 15.3 Å². The van der Waals surface area contributed by atoms with Crippen LogP contribution < -0.4 is 11.1 Å². The molecule has 0 amide bonds. The van der Waals surface area contributed by atoms with E-state index in [0.29, 0.717) is 5.82 Å². The fourth-order valence-electron chi connectivity index (χ4n) is 1.24. The number of aromatic nitrogens is 2. The molecule has 1 saturated carbocycles. The van der Waals surface area contributed by atoms with Gasteiger partial charge in [-0.25, -0.2) is 9.97 Å². The van der Waals surface area contributed by atoms with Crippen LogP contribution in [0.5, 0.6) is 0 Å². The van der Waals surface area contributed by atoms with Crippen LogP contribution in [0.4, 0.5) is 11.6 Å². The lowest BCUT2D eigenvalue weighted by atomic mass is 10.3. The van der Waals surface area contributed by atoms with Gasteiger partial charge < -0.3 is 11.1 Å². The van der Waals surface area contributed by atoms with Gasteiger partial charge in [0.1, 0.15) is 11.6 Å². The van der Waals surface area contributed by atoms with E-state index in [1.807, 2.05) is 0 Å². The van der Waals surface area contributed by atoms with E-state index in [-0.39, 0.29) is 0 Å². The molecule has 1 heterocycles. The molecule has 4 nitrogen and oxygen atoms in total. The molecule has 0 atom stereocenters. The maximum absolute atomic E-state index is 5.41. The average Bonchev–Trinajstić information content (AvgIpc) is 2.92. The summed E-state index contributed by atoms with van der Waals surface area (Å²) in [5.41, 5.74) is 5.41. The maximum atomic E-state index is 5.41. The molecule has 1 aromatic heterocycles. The van der Waals surface area contributed by atoms with Gasteiger partial charge in [-0.15, -0.1) is 0 Å². The number of nitrogens with two attached hydrogens (primary N) is 1. The number of nitrogens with zero attached hydrogens (tertiary/aromatic N) is 2. The van der Waals surface area contributed by atoms with Crippen molar-refractivity contribution >= 4 is 11.6 Å². The third-order valence-electron chi connectivity index (χ3n) is 2.23. The highest BCUT2D eigenvalue weighted by Crippen LogP contribution is 2.31. The van der Waals surface area contributed by atoms with Gasteiger partial charge in [0.05, 0.1) is 12.4 Å². The van der Waals surface area contributed by atoms with Crippen LogP contribution in [0.3, 0.4) is 0 Å². The lowest BCUT2D eigenvalue weighted by Crippen LogP contribution is -2.04. The first-order chi connectivity index (χ1) is 6.34.